The van der Waals surface area contributed by atoms with Gasteiger partial charge in [0.1, 0.15) is 0 Å². The number of halogens is 1. The van der Waals surface area contributed by atoms with Gasteiger partial charge in [0.15, 0.2) is 0 Å². The lowest BCUT2D eigenvalue weighted by molar-refractivity contribution is 1.79. The van der Waals surface area contributed by atoms with E-state index in [1.54, 1.807) is 0 Å². The second-order valence-electron chi connectivity index (χ2n) is 3.22. The van der Waals surface area contributed by atoms with Crippen LogP contribution in [0.3, 0.4) is 0 Å². The maximum absolute atomic E-state index is 3.36. The second kappa shape index (κ2) is 9.61. The molecule has 1 heteroatoms. The standard InChI is InChI=1S/C8H7Br.C8H8/c9-8-6-4-2-1-3-5-7-8;1-2-4-6-8-7-5-3-1/h1-7H;1-8H/b2*2-1-,3-1?,4-2?,5-3-,6-4?,7-5?,8-6?,8-7?. The second-order valence-corrected chi connectivity index (χ2v) is 4.14. The summed E-state index contributed by atoms with van der Waals surface area (Å²) in [6.45, 7) is 0. The third-order valence-electron chi connectivity index (χ3n) is 1.84. The van der Waals surface area contributed by atoms with Crippen molar-refractivity contribution < 1.29 is 0 Å². The monoisotopic (exact) mass is 286 g/mol. The van der Waals surface area contributed by atoms with Crippen LogP contribution in [0.5, 0.6) is 0 Å². The highest BCUT2D eigenvalue weighted by atomic mass is 79.9. The van der Waals surface area contributed by atoms with Crippen LogP contribution in [-0.4, -0.2) is 0 Å². The van der Waals surface area contributed by atoms with Crippen LogP contribution in [0.15, 0.2) is 95.6 Å². The Kier molecular flexibility index (Phi) is 7.61. The third kappa shape index (κ3) is 8.23. The van der Waals surface area contributed by atoms with Crippen molar-refractivity contribution in [2.24, 2.45) is 0 Å². The average Bonchev–Trinajstić information content (AvgIpc) is 2.23. The summed E-state index contributed by atoms with van der Waals surface area (Å²) in [5, 5.41) is 0. The Morgan fingerprint density at radius 3 is 1.29 bits per heavy atom. The SMILES string of the molecule is BrC1=C/C=C\C=C/C=C1.C1=C/C=C\C=C/C=C1. The smallest absolute Gasteiger partial charge is 0.0175 e. The molecule has 0 fully saturated rings. The van der Waals surface area contributed by atoms with Crippen LogP contribution in [0.4, 0.5) is 0 Å². The Labute approximate surface area is 112 Å². The molecule has 86 valence electrons. The summed E-state index contributed by atoms with van der Waals surface area (Å²) in [6.07, 6.45) is 30.0. The molecule has 0 aromatic heterocycles. The average molecular weight is 287 g/mol. The summed E-state index contributed by atoms with van der Waals surface area (Å²) in [6, 6.07) is 0. The first kappa shape index (κ1) is 13.5. The minimum Gasteiger partial charge on any atom is -0.0623 e. The molecule has 0 atom stereocenters. The lowest BCUT2D eigenvalue weighted by Gasteiger charge is -1.85. The largest absolute Gasteiger partial charge is 0.0623 e. The molecular formula is C16H15Br. The fourth-order valence-corrected chi connectivity index (χ4v) is 1.36. The van der Waals surface area contributed by atoms with Crippen LogP contribution in [0.1, 0.15) is 0 Å². The van der Waals surface area contributed by atoms with Crippen molar-refractivity contribution >= 4 is 15.9 Å². The maximum Gasteiger partial charge on any atom is 0.0175 e. The molecule has 17 heavy (non-hydrogen) atoms. The van der Waals surface area contributed by atoms with Crippen molar-refractivity contribution in [3.05, 3.63) is 95.6 Å². The van der Waals surface area contributed by atoms with Gasteiger partial charge in [0, 0.05) is 4.48 Å². The highest BCUT2D eigenvalue weighted by Crippen LogP contribution is 2.07. The van der Waals surface area contributed by atoms with Gasteiger partial charge in [-0.3, -0.25) is 0 Å². The van der Waals surface area contributed by atoms with E-state index in [1.165, 1.54) is 0 Å². The van der Waals surface area contributed by atoms with Crippen molar-refractivity contribution in [2.45, 2.75) is 0 Å². The molecule has 0 radical (unpaired) electrons. The summed E-state index contributed by atoms with van der Waals surface area (Å²) >= 11 is 3.36. The summed E-state index contributed by atoms with van der Waals surface area (Å²) in [4.78, 5) is 0. The topological polar surface area (TPSA) is 0 Å². The molecule has 0 aromatic carbocycles. The normalized spacial score (nSPS) is 23.9. The van der Waals surface area contributed by atoms with Crippen molar-refractivity contribution in [3.63, 3.8) is 0 Å². The van der Waals surface area contributed by atoms with Crippen LogP contribution < -0.4 is 0 Å². The van der Waals surface area contributed by atoms with Gasteiger partial charge >= 0.3 is 0 Å². The van der Waals surface area contributed by atoms with Gasteiger partial charge < -0.3 is 0 Å². The molecule has 0 aromatic rings. The predicted molar refractivity (Wildman–Crippen MR) is 81.0 cm³/mol. The van der Waals surface area contributed by atoms with Crippen LogP contribution >= 0.6 is 15.9 Å². The minimum atomic E-state index is 1.10. The number of allylic oxidation sites excluding steroid dienone is 16. The summed E-state index contributed by atoms with van der Waals surface area (Å²) in [7, 11) is 0. The van der Waals surface area contributed by atoms with Gasteiger partial charge in [-0.05, 0) is 12.2 Å². The molecule has 2 rings (SSSR count). The Morgan fingerprint density at radius 1 is 0.471 bits per heavy atom. The molecule has 0 saturated heterocycles. The number of hydrogen-bond acceptors (Lipinski definition) is 0. The Morgan fingerprint density at radius 2 is 0.824 bits per heavy atom. The van der Waals surface area contributed by atoms with Gasteiger partial charge in [0.2, 0.25) is 0 Å². The summed E-state index contributed by atoms with van der Waals surface area (Å²) in [5.41, 5.74) is 0. The number of hydrogen-bond donors (Lipinski definition) is 0. The first-order valence-corrected chi connectivity index (χ1v) is 6.23. The van der Waals surface area contributed by atoms with E-state index in [9.17, 15) is 0 Å². The van der Waals surface area contributed by atoms with Gasteiger partial charge in [-0.1, -0.05) is 94.9 Å². The molecular weight excluding hydrogens is 272 g/mol. The maximum atomic E-state index is 3.36. The van der Waals surface area contributed by atoms with E-state index >= 15 is 0 Å². The minimum absolute atomic E-state index is 1.10. The molecule has 0 unspecified atom stereocenters. The van der Waals surface area contributed by atoms with E-state index in [2.05, 4.69) is 15.9 Å². The first-order chi connectivity index (χ1) is 8.39. The van der Waals surface area contributed by atoms with E-state index in [0.717, 1.165) is 4.48 Å². The molecule has 2 aliphatic carbocycles. The Balaban J connectivity index is 0.000000171. The van der Waals surface area contributed by atoms with Crippen LogP contribution in [0.25, 0.3) is 0 Å². The van der Waals surface area contributed by atoms with Crippen molar-refractivity contribution in [3.8, 4) is 0 Å². The van der Waals surface area contributed by atoms with E-state index in [1.807, 2.05) is 91.1 Å². The Bertz CT molecular complexity index is 382. The van der Waals surface area contributed by atoms with E-state index in [0.29, 0.717) is 0 Å². The molecule has 0 aliphatic heterocycles. The fraction of sp³-hybridized carbons (Fsp3) is 0. The van der Waals surface area contributed by atoms with Gasteiger partial charge in [0.25, 0.3) is 0 Å². The molecule has 0 N–H and O–H groups in total. The third-order valence-corrected chi connectivity index (χ3v) is 2.37. The van der Waals surface area contributed by atoms with Crippen LogP contribution in [0, 0.1) is 0 Å². The summed E-state index contributed by atoms with van der Waals surface area (Å²) in [5.74, 6) is 0. The zero-order valence-electron chi connectivity index (χ0n) is 9.54. The van der Waals surface area contributed by atoms with Crippen molar-refractivity contribution in [1.82, 2.24) is 0 Å². The highest BCUT2D eigenvalue weighted by molar-refractivity contribution is 9.11. The fourth-order valence-electron chi connectivity index (χ4n) is 1.06. The number of rotatable bonds is 0. The zero-order valence-corrected chi connectivity index (χ0v) is 11.1. The highest BCUT2D eigenvalue weighted by Gasteiger charge is 1.79. The molecule has 0 saturated carbocycles. The molecule has 0 heterocycles. The lowest BCUT2D eigenvalue weighted by Crippen LogP contribution is -1.62. The van der Waals surface area contributed by atoms with Gasteiger partial charge in [0.05, 0.1) is 0 Å². The van der Waals surface area contributed by atoms with Crippen LogP contribution in [0.2, 0.25) is 0 Å². The Hall–Kier alpha value is -1.60. The zero-order chi connectivity index (χ0) is 12.2. The predicted octanol–water partition coefficient (Wildman–Crippen LogP) is 5.17. The van der Waals surface area contributed by atoms with Crippen molar-refractivity contribution in [2.75, 3.05) is 0 Å². The van der Waals surface area contributed by atoms with E-state index < -0.39 is 0 Å². The van der Waals surface area contributed by atoms with Gasteiger partial charge in [-0.15, -0.1) is 0 Å². The molecule has 2 aliphatic rings. The van der Waals surface area contributed by atoms with Gasteiger partial charge in [-0.2, -0.15) is 0 Å². The van der Waals surface area contributed by atoms with E-state index in [-0.39, 0.29) is 0 Å². The molecule has 0 bridgehead atoms. The van der Waals surface area contributed by atoms with Crippen molar-refractivity contribution in [1.29, 1.82) is 0 Å². The van der Waals surface area contributed by atoms with Gasteiger partial charge in [-0.25, -0.2) is 0 Å². The summed E-state index contributed by atoms with van der Waals surface area (Å²) < 4.78 is 1.10. The van der Waals surface area contributed by atoms with Crippen LogP contribution in [-0.2, 0) is 0 Å². The molecule has 0 amide bonds. The molecule has 0 nitrogen and oxygen atoms in total. The molecule has 0 spiro atoms. The lowest BCUT2D eigenvalue weighted by atomic mass is 10.3. The van der Waals surface area contributed by atoms with E-state index in [4.69, 9.17) is 0 Å². The quantitative estimate of drug-likeness (QED) is 0.576. The first-order valence-electron chi connectivity index (χ1n) is 5.43.